The Kier molecular flexibility index (Phi) is 5.19. The van der Waals surface area contributed by atoms with Crippen molar-refractivity contribution in [3.8, 4) is 0 Å². The molecule has 1 aromatic carbocycles. The Bertz CT molecular complexity index is 285. The molecule has 1 aliphatic heterocycles. The van der Waals surface area contributed by atoms with E-state index in [1.54, 1.807) is 0 Å². The van der Waals surface area contributed by atoms with E-state index in [4.69, 9.17) is 4.74 Å². The molecule has 0 radical (unpaired) electrons. The van der Waals surface area contributed by atoms with Gasteiger partial charge in [-0.15, -0.1) is 11.8 Å². The maximum atomic E-state index is 5.82. The van der Waals surface area contributed by atoms with Gasteiger partial charge in [-0.2, -0.15) is 0 Å². The van der Waals surface area contributed by atoms with Crippen molar-refractivity contribution in [2.45, 2.75) is 23.8 Å². The summed E-state index contributed by atoms with van der Waals surface area (Å²) in [5, 5.41) is 3.36. The molecule has 1 aliphatic rings. The van der Waals surface area contributed by atoms with Crippen molar-refractivity contribution in [3.63, 3.8) is 0 Å². The molecule has 3 heteroatoms. The normalized spacial score (nSPS) is 20.9. The average molecular weight is 237 g/mol. The van der Waals surface area contributed by atoms with Crippen LogP contribution in [0.5, 0.6) is 0 Å². The highest BCUT2D eigenvalue weighted by Gasteiger charge is 2.12. The van der Waals surface area contributed by atoms with Gasteiger partial charge in [-0.05, 0) is 31.5 Å². The highest BCUT2D eigenvalue weighted by molar-refractivity contribution is 7.99. The van der Waals surface area contributed by atoms with E-state index in [9.17, 15) is 0 Å². The van der Waals surface area contributed by atoms with Crippen molar-refractivity contribution in [2.24, 2.45) is 0 Å². The van der Waals surface area contributed by atoms with Gasteiger partial charge in [0.2, 0.25) is 0 Å². The molecule has 0 amide bonds. The van der Waals surface area contributed by atoms with Gasteiger partial charge in [0.15, 0.2) is 0 Å². The minimum Gasteiger partial charge on any atom is -0.376 e. The Hall–Kier alpha value is -0.510. The number of hydrogen-bond acceptors (Lipinski definition) is 3. The fourth-order valence-electron chi connectivity index (χ4n) is 1.85. The second-order valence-corrected chi connectivity index (χ2v) is 5.17. The Morgan fingerprint density at radius 3 is 2.94 bits per heavy atom. The Labute approximate surface area is 102 Å². The van der Waals surface area contributed by atoms with Gasteiger partial charge in [-0.1, -0.05) is 18.2 Å². The van der Waals surface area contributed by atoms with Gasteiger partial charge in [0, 0.05) is 17.2 Å². The first-order valence-electron chi connectivity index (χ1n) is 5.95. The maximum Gasteiger partial charge on any atom is 0.0700 e. The molecule has 1 N–H and O–H groups in total. The van der Waals surface area contributed by atoms with E-state index >= 15 is 0 Å². The molecule has 2 rings (SSSR count). The molecular formula is C13H19NOS. The Morgan fingerprint density at radius 2 is 2.19 bits per heavy atom. The van der Waals surface area contributed by atoms with Crippen molar-refractivity contribution in [1.82, 2.24) is 5.32 Å². The second-order valence-electron chi connectivity index (χ2n) is 4.00. The molecule has 1 aromatic rings. The first-order valence-corrected chi connectivity index (χ1v) is 6.94. The summed E-state index contributed by atoms with van der Waals surface area (Å²) in [7, 11) is 0. The molecule has 0 bridgehead atoms. The van der Waals surface area contributed by atoms with Gasteiger partial charge in [0.25, 0.3) is 0 Å². The second kappa shape index (κ2) is 6.94. The molecule has 0 spiro atoms. The summed E-state index contributed by atoms with van der Waals surface area (Å²) in [6.45, 7) is 3.03. The number of nitrogens with one attached hydrogen (secondary N) is 1. The molecular weight excluding hydrogens is 218 g/mol. The van der Waals surface area contributed by atoms with Crippen LogP contribution in [0.4, 0.5) is 0 Å². The standard InChI is InChI=1S/C13H19NOS/c1-2-6-13(7-3-1)16-10-9-15-12-5-4-8-14-11-12/h1-3,6-7,12,14H,4-5,8-11H2/t12-/m0/s1. The number of rotatable bonds is 5. The van der Waals surface area contributed by atoms with Gasteiger partial charge < -0.3 is 10.1 Å². The van der Waals surface area contributed by atoms with E-state index in [-0.39, 0.29) is 0 Å². The molecule has 88 valence electrons. The fourth-order valence-corrected chi connectivity index (χ4v) is 2.62. The van der Waals surface area contributed by atoms with Crippen LogP contribution in [0.25, 0.3) is 0 Å². The quantitative estimate of drug-likeness (QED) is 0.628. The van der Waals surface area contributed by atoms with Crippen LogP contribution in [0.1, 0.15) is 12.8 Å². The minimum atomic E-state index is 0.435. The van der Waals surface area contributed by atoms with E-state index < -0.39 is 0 Å². The summed E-state index contributed by atoms with van der Waals surface area (Å²) >= 11 is 1.86. The van der Waals surface area contributed by atoms with E-state index in [1.807, 2.05) is 17.8 Å². The first kappa shape index (κ1) is 12.0. The molecule has 0 aromatic heterocycles. The van der Waals surface area contributed by atoms with Gasteiger partial charge in [0.1, 0.15) is 0 Å². The lowest BCUT2D eigenvalue weighted by molar-refractivity contribution is 0.0474. The van der Waals surface area contributed by atoms with Crippen molar-refractivity contribution in [3.05, 3.63) is 30.3 Å². The zero-order chi connectivity index (χ0) is 11.1. The van der Waals surface area contributed by atoms with Crippen molar-refractivity contribution >= 4 is 11.8 Å². The molecule has 1 atom stereocenters. The molecule has 0 aliphatic carbocycles. The number of piperidine rings is 1. The van der Waals surface area contributed by atoms with Crippen molar-refractivity contribution < 1.29 is 4.74 Å². The maximum absolute atomic E-state index is 5.82. The highest BCUT2D eigenvalue weighted by atomic mass is 32.2. The zero-order valence-electron chi connectivity index (χ0n) is 9.52. The lowest BCUT2D eigenvalue weighted by Crippen LogP contribution is -2.35. The third kappa shape index (κ3) is 4.16. The van der Waals surface area contributed by atoms with E-state index in [0.29, 0.717) is 6.10 Å². The van der Waals surface area contributed by atoms with Crippen LogP contribution in [0.15, 0.2) is 35.2 Å². The topological polar surface area (TPSA) is 21.3 Å². The fraction of sp³-hybridized carbons (Fsp3) is 0.538. The van der Waals surface area contributed by atoms with Gasteiger partial charge in [0.05, 0.1) is 12.7 Å². The van der Waals surface area contributed by atoms with Crippen LogP contribution in [-0.4, -0.2) is 31.6 Å². The monoisotopic (exact) mass is 237 g/mol. The van der Waals surface area contributed by atoms with E-state index in [0.717, 1.165) is 25.4 Å². The summed E-state index contributed by atoms with van der Waals surface area (Å²) < 4.78 is 5.82. The summed E-state index contributed by atoms with van der Waals surface area (Å²) in [5.41, 5.74) is 0. The molecule has 16 heavy (non-hydrogen) atoms. The smallest absolute Gasteiger partial charge is 0.0700 e. The van der Waals surface area contributed by atoms with Crippen molar-refractivity contribution in [2.75, 3.05) is 25.4 Å². The average Bonchev–Trinajstić information content (AvgIpc) is 2.37. The molecule has 2 nitrogen and oxygen atoms in total. The van der Waals surface area contributed by atoms with Gasteiger partial charge >= 0.3 is 0 Å². The summed E-state index contributed by atoms with van der Waals surface area (Å²) in [6.07, 6.45) is 2.89. The van der Waals surface area contributed by atoms with Crippen LogP contribution >= 0.6 is 11.8 Å². The Balaban J connectivity index is 1.58. The number of hydrogen-bond donors (Lipinski definition) is 1. The number of ether oxygens (including phenoxy) is 1. The van der Waals surface area contributed by atoms with Crippen LogP contribution < -0.4 is 5.32 Å². The predicted octanol–water partition coefficient (Wildman–Crippen LogP) is 2.55. The summed E-state index contributed by atoms with van der Waals surface area (Å²) in [4.78, 5) is 1.33. The molecule has 0 unspecified atom stereocenters. The molecule has 1 fully saturated rings. The molecule has 0 saturated carbocycles. The molecule has 1 saturated heterocycles. The van der Waals surface area contributed by atoms with Crippen LogP contribution in [0, 0.1) is 0 Å². The predicted molar refractivity (Wildman–Crippen MR) is 69.0 cm³/mol. The SMILES string of the molecule is c1ccc(SCCO[C@H]2CCCNC2)cc1. The third-order valence-electron chi connectivity index (χ3n) is 2.70. The lowest BCUT2D eigenvalue weighted by atomic mass is 10.1. The molecule has 1 heterocycles. The van der Waals surface area contributed by atoms with E-state index in [1.165, 1.54) is 17.7 Å². The number of thioether (sulfide) groups is 1. The first-order chi connectivity index (χ1) is 7.95. The van der Waals surface area contributed by atoms with Gasteiger partial charge in [-0.25, -0.2) is 0 Å². The Morgan fingerprint density at radius 1 is 1.31 bits per heavy atom. The van der Waals surface area contributed by atoms with Crippen LogP contribution in [0.3, 0.4) is 0 Å². The third-order valence-corrected chi connectivity index (χ3v) is 3.68. The largest absolute Gasteiger partial charge is 0.376 e. The summed E-state index contributed by atoms with van der Waals surface area (Å²) in [6, 6.07) is 10.5. The van der Waals surface area contributed by atoms with Crippen LogP contribution in [-0.2, 0) is 4.74 Å². The highest BCUT2D eigenvalue weighted by Crippen LogP contribution is 2.17. The minimum absolute atomic E-state index is 0.435. The zero-order valence-corrected chi connectivity index (χ0v) is 10.3. The van der Waals surface area contributed by atoms with Gasteiger partial charge in [-0.3, -0.25) is 0 Å². The van der Waals surface area contributed by atoms with Crippen LogP contribution in [0.2, 0.25) is 0 Å². The van der Waals surface area contributed by atoms with Crippen molar-refractivity contribution in [1.29, 1.82) is 0 Å². The number of benzene rings is 1. The summed E-state index contributed by atoms with van der Waals surface area (Å²) in [5.74, 6) is 1.04. The van der Waals surface area contributed by atoms with E-state index in [2.05, 4.69) is 29.6 Å². The lowest BCUT2D eigenvalue weighted by Gasteiger charge is -2.22.